The van der Waals surface area contributed by atoms with Crippen LogP contribution in [0.4, 0.5) is 0 Å². The highest BCUT2D eigenvalue weighted by Gasteiger charge is 2.33. The molecule has 6 heteroatoms. The highest BCUT2D eigenvalue weighted by molar-refractivity contribution is 6.32. The van der Waals surface area contributed by atoms with Gasteiger partial charge in [0, 0.05) is 18.6 Å². The van der Waals surface area contributed by atoms with Crippen LogP contribution < -0.4 is 10.1 Å². The van der Waals surface area contributed by atoms with Gasteiger partial charge in [0.15, 0.2) is 0 Å². The molecule has 1 aromatic carbocycles. The van der Waals surface area contributed by atoms with E-state index in [9.17, 15) is 4.79 Å². The molecule has 22 heavy (non-hydrogen) atoms. The normalized spacial score (nSPS) is 20.7. The number of nitrogens with one attached hydrogen (secondary N) is 1. The van der Waals surface area contributed by atoms with Crippen molar-refractivity contribution in [1.82, 2.24) is 10.2 Å². The third-order valence-corrected chi connectivity index (χ3v) is 4.48. The molecule has 0 amide bonds. The maximum Gasteiger partial charge on any atom is 0.317 e. The first-order chi connectivity index (χ1) is 10.5. The van der Waals surface area contributed by atoms with Gasteiger partial charge in [0.25, 0.3) is 0 Å². The number of carboxylic acid groups (broad SMARTS) is 1. The van der Waals surface area contributed by atoms with E-state index in [0.717, 1.165) is 31.5 Å². The Balaban J connectivity index is 1.76. The lowest BCUT2D eigenvalue weighted by Crippen LogP contribution is -2.53. The van der Waals surface area contributed by atoms with E-state index in [1.54, 1.807) is 7.11 Å². The average molecular weight is 327 g/mol. The molecule has 1 aliphatic rings. The topological polar surface area (TPSA) is 61.8 Å². The first kappa shape index (κ1) is 17.1. The molecule has 1 fully saturated rings. The smallest absolute Gasteiger partial charge is 0.317 e. The van der Waals surface area contributed by atoms with Crippen molar-refractivity contribution < 1.29 is 14.6 Å². The Hall–Kier alpha value is -1.30. The number of aliphatic carboxylic acids is 1. The first-order valence-electron chi connectivity index (χ1n) is 7.55. The lowest BCUT2D eigenvalue weighted by molar-refractivity contribution is -0.139. The van der Waals surface area contributed by atoms with Crippen molar-refractivity contribution in [2.24, 2.45) is 0 Å². The predicted octanol–water partition coefficient (Wildman–Crippen LogP) is 2.38. The molecule has 0 aliphatic heterocycles. The van der Waals surface area contributed by atoms with Gasteiger partial charge in [-0.3, -0.25) is 9.69 Å². The van der Waals surface area contributed by atoms with Crippen molar-refractivity contribution in [2.45, 2.75) is 38.4 Å². The number of ether oxygens (including phenoxy) is 1. The zero-order chi connectivity index (χ0) is 16.1. The highest BCUT2D eigenvalue weighted by Crippen LogP contribution is 2.27. The van der Waals surface area contributed by atoms with Gasteiger partial charge in [0.2, 0.25) is 0 Å². The zero-order valence-corrected chi connectivity index (χ0v) is 13.8. The van der Waals surface area contributed by atoms with Crippen LogP contribution in [0.25, 0.3) is 0 Å². The number of benzene rings is 1. The molecule has 0 radical (unpaired) electrons. The molecule has 2 N–H and O–H groups in total. The zero-order valence-electron chi connectivity index (χ0n) is 13.0. The van der Waals surface area contributed by atoms with E-state index in [0.29, 0.717) is 22.9 Å². The molecule has 0 spiro atoms. The number of hydrogen-bond acceptors (Lipinski definition) is 4. The van der Waals surface area contributed by atoms with Gasteiger partial charge >= 0.3 is 5.97 Å². The van der Waals surface area contributed by atoms with Gasteiger partial charge in [-0.05, 0) is 37.1 Å². The van der Waals surface area contributed by atoms with Crippen molar-refractivity contribution in [2.75, 3.05) is 20.2 Å². The van der Waals surface area contributed by atoms with Crippen LogP contribution in [0.15, 0.2) is 18.2 Å². The minimum atomic E-state index is -0.758. The van der Waals surface area contributed by atoms with E-state index in [2.05, 4.69) is 5.32 Å². The third-order valence-electron chi connectivity index (χ3n) is 4.19. The lowest BCUT2D eigenvalue weighted by Gasteiger charge is -2.42. The Labute approximate surface area is 136 Å². The highest BCUT2D eigenvalue weighted by atomic mass is 35.5. The molecular weight excluding hydrogens is 304 g/mol. The Morgan fingerprint density at radius 2 is 2.23 bits per heavy atom. The summed E-state index contributed by atoms with van der Waals surface area (Å²) in [4.78, 5) is 12.8. The Bertz CT molecular complexity index is 518. The molecule has 0 heterocycles. The predicted molar refractivity (Wildman–Crippen MR) is 86.5 cm³/mol. The molecule has 122 valence electrons. The van der Waals surface area contributed by atoms with Crippen LogP contribution in [0.1, 0.15) is 25.3 Å². The fourth-order valence-corrected chi connectivity index (χ4v) is 3.09. The quantitative estimate of drug-likeness (QED) is 0.768. The second-order valence-electron chi connectivity index (χ2n) is 5.63. The molecule has 5 nitrogen and oxygen atoms in total. The third kappa shape index (κ3) is 4.35. The fraction of sp³-hybridized carbons (Fsp3) is 0.562. The molecule has 1 saturated carbocycles. The van der Waals surface area contributed by atoms with Gasteiger partial charge in [-0.1, -0.05) is 24.6 Å². The van der Waals surface area contributed by atoms with Gasteiger partial charge in [-0.15, -0.1) is 0 Å². The van der Waals surface area contributed by atoms with Crippen molar-refractivity contribution in [1.29, 1.82) is 0 Å². The number of halogens is 1. The van der Waals surface area contributed by atoms with Crippen molar-refractivity contribution in [3.63, 3.8) is 0 Å². The molecule has 0 aromatic heterocycles. The summed E-state index contributed by atoms with van der Waals surface area (Å²) in [5.74, 6) is -0.0764. The molecule has 0 bridgehead atoms. The van der Waals surface area contributed by atoms with Gasteiger partial charge in [0.05, 0.1) is 18.7 Å². The first-order valence-corrected chi connectivity index (χ1v) is 7.93. The number of rotatable bonds is 8. The summed E-state index contributed by atoms with van der Waals surface area (Å²) in [5.41, 5.74) is 1.12. The van der Waals surface area contributed by atoms with E-state index in [4.69, 9.17) is 21.4 Å². The molecule has 1 aliphatic carbocycles. The van der Waals surface area contributed by atoms with Crippen molar-refractivity contribution >= 4 is 17.6 Å². The number of nitrogens with zero attached hydrogens (tertiary/aromatic N) is 1. The van der Waals surface area contributed by atoms with E-state index >= 15 is 0 Å². The lowest BCUT2D eigenvalue weighted by atomic mass is 9.85. The Morgan fingerprint density at radius 3 is 2.77 bits per heavy atom. The van der Waals surface area contributed by atoms with E-state index in [1.807, 2.05) is 30.0 Å². The maximum atomic E-state index is 10.8. The second kappa shape index (κ2) is 7.81. The van der Waals surface area contributed by atoms with Crippen LogP contribution in [-0.2, 0) is 11.3 Å². The van der Waals surface area contributed by atoms with Gasteiger partial charge in [-0.25, -0.2) is 0 Å². The summed E-state index contributed by atoms with van der Waals surface area (Å²) in [7, 11) is 1.60. The van der Waals surface area contributed by atoms with Crippen LogP contribution in [0, 0.1) is 0 Å². The molecule has 2 rings (SSSR count). The summed E-state index contributed by atoms with van der Waals surface area (Å²) in [5, 5.41) is 13.0. The van der Waals surface area contributed by atoms with Crippen molar-refractivity contribution in [3.8, 4) is 5.75 Å². The Kier molecular flexibility index (Phi) is 6.06. The summed E-state index contributed by atoms with van der Waals surface area (Å²) >= 11 is 6.11. The number of methoxy groups -OCH3 is 1. The second-order valence-corrected chi connectivity index (χ2v) is 6.04. The maximum absolute atomic E-state index is 10.8. The standard InChI is InChI=1S/C16H23ClN2O3/c1-3-19(10-16(20)21)13-7-12(8-13)18-9-11-4-5-15(22-2)14(17)6-11/h4-6,12-13,18H,3,7-10H2,1-2H3,(H,20,21). The fourth-order valence-electron chi connectivity index (χ4n) is 2.81. The molecule has 0 saturated heterocycles. The summed E-state index contributed by atoms with van der Waals surface area (Å²) < 4.78 is 5.14. The van der Waals surface area contributed by atoms with E-state index < -0.39 is 5.97 Å². The molecule has 0 unspecified atom stereocenters. The van der Waals surface area contributed by atoms with Gasteiger partial charge in [-0.2, -0.15) is 0 Å². The average Bonchev–Trinajstić information content (AvgIpc) is 2.44. The monoisotopic (exact) mass is 326 g/mol. The van der Waals surface area contributed by atoms with Gasteiger partial charge in [0.1, 0.15) is 5.75 Å². The SMILES string of the molecule is CCN(CC(=O)O)C1CC(NCc2ccc(OC)c(Cl)c2)C1. The van der Waals surface area contributed by atoms with E-state index in [-0.39, 0.29) is 6.54 Å². The van der Waals surface area contributed by atoms with Gasteiger partial charge < -0.3 is 15.2 Å². The molecule has 1 aromatic rings. The van der Waals surface area contributed by atoms with Crippen LogP contribution in [-0.4, -0.2) is 48.3 Å². The minimum absolute atomic E-state index is 0.127. The van der Waals surface area contributed by atoms with Crippen LogP contribution in [0.5, 0.6) is 5.75 Å². The number of carboxylic acids is 1. The molecule has 0 atom stereocenters. The minimum Gasteiger partial charge on any atom is -0.495 e. The summed E-state index contributed by atoms with van der Waals surface area (Å²) in [6.07, 6.45) is 1.98. The number of likely N-dealkylation sites (N-methyl/N-ethyl adjacent to an activating group) is 1. The number of carbonyl (C=O) groups is 1. The van der Waals surface area contributed by atoms with Crippen LogP contribution in [0.2, 0.25) is 5.02 Å². The van der Waals surface area contributed by atoms with Crippen molar-refractivity contribution in [3.05, 3.63) is 28.8 Å². The summed E-state index contributed by atoms with van der Waals surface area (Å²) in [6.45, 7) is 3.66. The van der Waals surface area contributed by atoms with Crippen LogP contribution in [0.3, 0.4) is 0 Å². The summed E-state index contributed by atoms with van der Waals surface area (Å²) in [6, 6.07) is 6.59. The number of hydrogen-bond donors (Lipinski definition) is 2. The van der Waals surface area contributed by atoms with E-state index in [1.165, 1.54) is 0 Å². The largest absolute Gasteiger partial charge is 0.495 e. The van der Waals surface area contributed by atoms with Crippen LogP contribution >= 0.6 is 11.6 Å². The Morgan fingerprint density at radius 1 is 1.50 bits per heavy atom. The molecular formula is C16H23ClN2O3.